The average Bonchev–Trinajstić information content (AvgIpc) is 3.09. The van der Waals surface area contributed by atoms with Crippen LogP contribution in [-0.2, 0) is 4.74 Å². The van der Waals surface area contributed by atoms with Crippen LogP contribution in [0.4, 0.5) is 0 Å². The molecule has 2 aliphatic heterocycles. The van der Waals surface area contributed by atoms with Crippen LogP contribution in [0.15, 0.2) is 24.3 Å². The van der Waals surface area contributed by atoms with Crippen molar-refractivity contribution in [2.75, 3.05) is 39.5 Å². The first-order valence-corrected chi connectivity index (χ1v) is 7.83. The zero-order valence-corrected chi connectivity index (χ0v) is 12.8. The molecule has 1 aromatic carbocycles. The lowest BCUT2D eigenvalue weighted by Gasteiger charge is -2.23. The fourth-order valence-corrected chi connectivity index (χ4v) is 3.33. The van der Waals surface area contributed by atoms with Crippen LogP contribution in [0.25, 0.3) is 0 Å². The summed E-state index contributed by atoms with van der Waals surface area (Å²) in [7, 11) is 0. The average molecular weight is 291 g/mol. The molecule has 2 fully saturated rings. The monoisotopic (exact) mass is 291 g/mol. The molecule has 2 unspecified atom stereocenters. The Balaban J connectivity index is 1.42. The van der Waals surface area contributed by atoms with Crippen LogP contribution in [0, 0.1) is 12.3 Å². The van der Waals surface area contributed by atoms with E-state index in [0.717, 1.165) is 32.1 Å². The molecular weight excluding hydrogens is 266 g/mol. The van der Waals surface area contributed by atoms with Crippen molar-refractivity contribution in [2.45, 2.75) is 25.9 Å². The summed E-state index contributed by atoms with van der Waals surface area (Å²) in [6.45, 7) is 6.98. The van der Waals surface area contributed by atoms with Crippen molar-refractivity contribution in [1.29, 1.82) is 0 Å². The molecule has 1 spiro atoms. The number of hydrogen-bond donors (Lipinski definition) is 1. The van der Waals surface area contributed by atoms with E-state index in [1.165, 1.54) is 18.4 Å². The van der Waals surface area contributed by atoms with Gasteiger partial charge in [-0.15, -0.1) is 0 Å². The zero-order chi connectivity index (χ0) is 14.7. The van der Waals surface area contributed by atoms with E-state index in [2.05, 4.69) is 11.8 Å². The second-order valence-corrected chi connectivity index (χ2v) is 6.57. The molecule has 0 saturated carbocycles. The molecule has 2 saturated heterocycles. The zero-order valence-electron chi connectivity index (χ0n) is 12.8. The topological polar surface area (TPSA) is 41.9 Å². The van der Waals surface area contributed by atoms with Crippen molar-refractivity contribution < 1.29 is 14.6 Å². The number of benzene rings is 1. The maximum Gasteiger partial charge on any atom is 0.119 e. The summed E-state index contributed by atoms with van der Waals surface area (Å²) in [6.07, 6.45) is 1.92. The number of hydrogen-bond acceptors (Lipinski definition) is 4. The fraction of sp³-hybridized carbons (Fsp3) is 0.647. The summed E-state index contributed by atoms with van der Waals surface area (Å²) < 4.78 is 11.2. The summed E-state index contributed by atoms with van der Waals surface area (Å²) in [5, 5.41) is 10.2. The van der Waals surface area contributed by atoms with Crippen LogP contribution < -0.4 is 4.74 Å². The van der Waals surface area contributed by atoms with Gasteiger partial charge in [0.25, 0.3) is 0 Å². The molecule has 4 nitrogen and oxygen atoms in total. The SMILES string of the molecule is Cc1ccc(OCC(O)CN2CCC3(CCOC3)C2)cc1. The molecule has 21 heavy (non-hydrogen) atoms. The van der Waals surface area contributed by atoms with E-state index in [1.54, 1.807) is 0 Å². The van der Waals surface area contributed by atoms with E-state index in [-0.39, 0.29) is 0 Å². The van der Waals surface area contributed by atoms with Crippen molar-refractivity contribution in [1.82, 2.24) is 4.90 Å². The van der Waals surface area contributed by atoms with Crippen LogP contribution in [0.3, 0.4) is 0 Å². The molecule has 0 aliphatic carbocycles. The van der Waals surface area contributed by atoms with Crippen molar-refractivity contribution >= 4 is 0 Å². The molecule has 2 atom stereocenters. The lowest BCUT2D eigenvalue weighted by molar-refractivity contribution is 0.0705. The Hall–Kier alpha value is -1.10. The summed E-state index contributed by atoms with van der Waals surface area (Å²) in [5.41, 5.74) is 1.57. The lowest BCUT2D eigenvalue weighted by atomic mass is 9.87. The summed E-state index contributed by atoms with van der Waals surface area (Å²) in [4.78, 5) is 2.35. The highest BCUT2D eigenvalue weighted by Crippen LogP contribution is 2.38. The number of nitrogens with zero attached hydrogens (tertiary/aromatic N) is 1. The Labute approximate surface area is 126 Å². The number of ether oxygens (including phenoxy) is 2. The number of aryl methyl sites for hydroxylation is 1. The first kappa shape index (κ1) is 14.8. The predicted molar refractivity (Wildman–Crippen MR) is 81.6 cm³/mol. The molecule has 0 aromatic heterocycles. The van der Waals surface area contributed by atoms with Crippen LogP contribution in [0.1, 0.15) is 18.4 Å². The van der Waals surface area contributed by atoms with Gasteiger partial charge in [0, 0.05) is 25.1 Å². The van der Waals surface area contributed by atoms with Gasteiger partial charge in [-0.1, -0.05) is 17.7 Å². The molecule has 116 valence electrons. The Morgan fingerprint density at radius 2 is 2.14 bits per heavy atom. The van der Waals surface area contributed by atoms with Gasteiger partial charge in [0.15, 0.2) is 0 Å². The highest BCUT2D eigenvalue weighted by molar-refractivity contribution is 5.26. The smallest absolute Gasteiger partial charge is 0.119 e. The number of β-amino-alcohol motifs (C(OH)–C–C–N with tert-alkyl or cyclic N) is 1. The Morgan fingerprint density at radius 1 is 1.33 bits per heavy atom. The third kappa shape index (κ3) is 3.76. The van der Waals surface area contributed by atoms with Gasteiger partial charge >= 0.3 is 0 Å². The summed E-state index contributed by atoms with van der Waals surface area (Å²) >= 11 is 0. The summed E-state index contributed by atoms with van der Waals surface area (Å²) in [6, 6.07) is 7.93. The molecule has 0 amide bonds. The van der Waals surface area contributed by atoms with E-state index in [1.807, 2.05) is 24.3 Å². The summed E-state index contributed by atoms with van der Waals surface area (Å²) in [5.74, 6) is 0.821. The highest BCUT2D eigenvalue weighted by atomic mass is 16.5. The molecule has 0 radical (unpaired) electrons. The van der Waals surface area contributed by atoms with Crippen LogP contribution in [0.2, 0.25) is 0 Å². The van der Waals surface area contributed by atoms with Crippen molar-refractivity contribution in [2.24, 2.45) is 5.41 Å². The number of rotatable bonds is 5. The van der Waals surface area contributed by atoms with Crippen molar-refractivity contribution in [3.63, 3.8) is 0 Å². The molecule has 0 bridgehead atoms. The van der Waals surface area contributed by atoms with E-state index in [4.69, 9.17) is 9.47 Å². The standard InChI is InChI=1S/C17H25NO3/c1-14-2-4-16(5-3-14)21-11-15(19)10-18-8-6-17(12-18)7-9-20-13-17/h2-5,15,19H,6-13H2,1H3. The van der Waals surface area contributed by atoms with Gasteiger partial charge in [0.1, 0.15) is 18.5 Å². The van der Waals surface area contributed by atoms with Gasteiger partial charge in [-0.25, -0.2) is 0 Å². The number of aliphatic hydroxyl groups is 1. The van der Waals surface area contributed by atoms with Gasteiger partial charge in [-0.05, 0) is 38.4 Å². The molecular formula is C17H25NO3. The van der Waals surface area contributed by atoms with Crippen LogP contribution >= 0.6 is 0 Å². The van der Waals surface area contributed by atoms with E-state index < -0.39 is 6.10 Å². The van der Waals surface area contributed by atoms with Crippen LogP contribution in [-0.4, -0.2) is 55.6 Å². The minimum atomic E-state index is -0.441. The quantitative estimate of drug-likeness (QED) is 0.899. The van der Waals surface area contributed by atoms with E-state index in [9.17, 15) is 5.11 Å². The first-order chi connectivity index (χ1) is 10.2. The first-order valence-electron chi connectivity index (χ1n) is 7.83. The van der Waals surface area contributed by atoms with E-state index >= 15 is 0 Å². The number of likely N-dealkylation sites (tertiary alicyclic amines) is 1. The maximum absolute atomic E-state index is 10.2. The van der Waals surface area contributed by atoms with Gasteiger partial charge in [0.05, 0.1) is 6.61 Å². The highest BCUT2D eigenvalue weighted by Gasteiger charge is 2.41. The molecule has 4 heteroatoms. The second kappa shape index (κ2) is 6.34. The van der Waals surface area contributed by atoms with Gasteiger partial charge in [0.2, 0.25) is 0 Å². The van der Waals surface area contributed by atoms with Crippen molar-refractivity contribution in [3.8, 4) is 5.75 Å². The molecule has 1 aromatic rings. The minimum Gasteiger partial charge on any atom is -0.491 e. The third-order valence-corrected chi connectivity index (χ3v) is 4.63. The van der Waals surface area contributed by atoms with Gasteiger partial charge in [-0.3, -0.25) is 4.90 Å². The Kier molecular flexibility index (Phi) is 4.48. The van der Waals surface area contributed by atoms with Crippen molar-refractivity contribution in [3.05, 3.63) is 29.8 Å². The number of aliphatic hydroxyl groups excluding tert-OH is 1. The lowest BCUT2D eigenvalue weighted by Crippen LogP contribution is -2.36. The van der Waals surface area contributed by atoms with E-state index in [0.29, 0.717) is 18.6 Å². The molecule has 1 N–H and O–H groups in total. The minimum absolute atomic E-state index is 0.350. The molecule has 3 rings (SSSR count). The third-order valence-electron chi connectivity index (χ3n) is 4.63. The maximum atomic E-state index is 10.2. The molecule has 2 heterocycles. The molecule has 2 aliphatic rings. The fourth-order valence-electron chi connectivity index (χ4n) is 3.33. The second-order valence-electron chi connectivity index (χ2n) is 6.57. The van der Waals surface area contributed by atoms with Crippen LogP contribution in [0.5, 0.6) is 5.75 Å². The Morgan fingerprint density at radius 3 is 2.86 bits per heavy atom. The normalized spacial score (nSPS) is 27.3. The Bertz CT molecular complexity index is 454. The van der Waals surface area contributed by atoms with Gasteiger partial charge in [-0.2, -0.15) is 0 Å². The largest absolute Gasteiger partial charge is 0.491 e. The van der Waals surface area contributed by atoms with Gasteiger partial charge < -0.3 is 14.6 Å². The predicted octanol–water partition coefficient (Wildman–Crippen LogP) is 1.85.